The molecule has 102 valence electrons. The van der Waals surface area contributed by atoms with E-state index in [-0.39, 0.29) is 12.5 Å². The van der Waals surface area contributed by atoms with E-state index in [0.29, 0.717) is 12.4 Å². The molecule has 2 aromatic heterocycles. The lowest BCUT2D eigenvalue weighted by Gasteiger charge is -2.17. The van der Waals surface area contributed by atoms with Gasteiger partial charge in [-0.1, -0.05) is 6.92 Å². The van der Waals surface area contributed by atoms with Gasteiger partial charge in [0.05, 0.1) is 18.5 Å². The summed E-state index contributed by atoms with van der Waals surface area (Å²) in [7, 11) is 1.84. The molecule has 0 spiro atoms. The van der Waals surface area contributed by atoms with Crippen molar-refractivity contribution in [1.82, 2.24) is 14.9 Å². The van der Waals surface area contributed by atoms with Gasteiger partial charge in [0, 0.05) is 7.05 Å². The number of hydrogen-bond donors (Lipinski definition) is 2. The number of rotatable bonds is 6. The summed E-state index contributed by atoms with van der Waals surface area (Å²) in [6, 6.07) is 2.00. The number of amides is 1. The number of nitrogens with two attached hydrogens (primary N) is 1. The lowest BCUT2D eigenvalue weighted by Crippen LogP contribution is -2.33. The number of anilines is 1. The summed E-state index contributed by atoms with van der Waals surface area (Å²) in [6.45, 7) is 3.44. The van der Waals surface area contributed by atoms with Crippen LogP contribution in [-0.4, -0.2) is 40.9 Å². The van der Waals surface area contributed by atoms with Crippen LogP contribution in [0.4, 0.5) is 5.82 Å². The number of carbonyl (C=O) groups excluding carboxylic acids is 1. The van der Waals surface area contributed by atoms with Crippen molar-refractivity contribution >= 4 is 33.3 Å². The van der Waals surface area contributed by atoms with Gasteiger partial charge in [-0.3, -0.25) is 9.69 Å². The Kier molecular flexibility index (Phi) is 4.28. The minimum Gasteiger partial charge on any atom is -0.372 e. The molecule has 0 fully saturated rings. The first-order valence-electron chi connectivity index (χ1n) is 6.06. The number of fused-ring (bicyclic) bond motifs is 1. The van der Waals surface area contributed by atoms with Crippen molar-refractivity contribution in [2.24, 2.45) is 5.73 Å². The Morgan fingerprint density at radius 3 is 2.95 bits per heavy atom. The Morgan fingerprint density at radius 2 is 2.32 bits per heavy atom. The van der Waals surface area contributed by atoms with Crippen LogP contribution < -0.4 is 11.1 Å². The van der Waals surface area contributed by atoms with Crippen molar-refractivity contribution in [3.63, 3.8) is 0 Å². The Morgan fingerprint density at radius 1 is 1.53 bits per heavy atom. The summed E-state index contributed by atoms with van der Waals surface area (Å²) < 4.78 is 0. The normalized spacial score (nSPS) is 11.1. The zero-order chi connectivity index (χ0) is 13.8. The van der Waals surface area contributed by atoms with Crippen molar-refractivity contribution in [3.8, 4) is 0 Å². The van der Waals surface area contributed by atoms with E-state index in [2.05, 4.69) is 15.3 Å². The highest BCUT2D eigenvalue weighted by Gasteiger charge is 2.12. The fraction of sp³-hybridized carbons (Fsp3) is 0.417. The third kappa shape index (κ3) is 3.18. The van der Waals surface area contributed by atoms with Crippen LogP contribution >= 0.6 is 11.3 Å². The fourth-order valence-electron chi connectivity index (χ4n) is 1.86. The topological polar surface area (TPSA) is 84.1 Å². The minimum absolute atomic E-state index is 0.219. The van der Waals surface area contributed by atoms with E-state index >= 15 is 0 Å². The van der Waals surface area contributed by atoms with Crippen molar-refractivity contribution in [3.05, 3.63) is 17.3 Å². The van der Waals surface area contributed by atoms with E-state index in [1.807, 2.05) is 30.3 Å². The quantitative estimate of drug-likeness (QED) is 0.825. The number of hydrogen-bond acceptors (Lipinski definition) is 6. The van der Waals surface area contributed by atoms with Gasteiger partial charge < -0.3 is 11.1 Å². The molecule has 0 saturated carbocycles. The molecule has 0 aromatic carbocycles. The van der Waals surface area contributed by atoms with Gasteiger partial charge in [0.15, 0.2) is 0 Å². The van der Waals surface area contributed by atoms with Crippen LogP contribution in [-0.2, 0) is 11.3 Å². The molecular weight excluding hydrogens is 262 g/mol. The summed E-state index contributed by atoms with van der Waals surface area (Å²) in [4.78, 5) is 22.8. The summed E-state index contributed by atoms with van der Waals surface area (Å²) >= 11 is 1.58. The molecule has 3 N–H and O–H groups in total. The number of carbonyl (C=O) groups is 1. The molecule has 0 unspecified atom stereocenters. The van der Waals surface area contributed by atoms with Crippen LogP contribution in [0.3, 0.4) is 0 Å². The van der Waals surface area contributed by atoms with E-state index in [0.717, 1.165) is 22.6 Å². The molecule has 6 nitrogen and oxygen atoms in total. The molecule has 0 radical (unpaired) electrons. The predicted molar refractivity (Wildman–Crippen MR) is 77.1 cm³/mol. The molecule has 0 aliphatic carbocycles. The molecular formula is C12H17N5OS. The SMILES string of the molecule is CCN(CC(N)=O)Cc1nc(NC)c2ccsc2n1. The average molecular weight is 279 g/mol. The average Bonchev–Trinajstić information content (AvgIpc) is 2.84. The van der Waals surface area contributed by atoms with Crippen LogP contribution in [0.5, 0.6) is 0 Å². The van der Waals surface area contributed by atoms with E-state index in [1.165, 1.54) is 0 Å². The first-order valence-corrected chi connectivity index (χ1v) is 6.94. The molecule has 1 amide bonds. The monoisotopic (exact) mass is 279 g/mol. The maximum absolute atomic E-state index is 11.0. The van der Waals surface area contributed by atoms with E-state index < -0.39 is 0 Å². The first kappa shape index (κ1) is 13.7. The highest BCUT2D eigenvalue weighted by molar-refractivity contribution is 7.16. The zero-order valence-corrected chi connectivity index (χ0v) is 11.8. The maximum atomic E-state index is 11.0. The largest absolute Gasteiger partial charge is 0.372 e. The number of likely N-dealkylation sites (N-methyl/N-ethyl adjacent to an activating group) is 1. The standard InChI is InChI=1S/C12H17N5OS/c1-3-17(6-9(13)18)7-10-15-11(14-2)8-4-5-19-12(8)16-10/h4-5H,3,6-7H2,1-2H3,(H2,13,18)(H,14,15,16). The molecule has 0 atom stereocenters. The smallest absolute Gasteiger partial charge is 0.231 e. The lowest BCUT2D eigenvalue weighted by molar-refractivity contribution is -0.119. The Bertz CT molecular complexity index is 583. The van der Waals surface area contributed by atoms with Crippen LogP contribution in [0.25, 0.3) is 10.2 Å². The van der Waals surface area contributed by atoms with Crippen LogP contribution in [0, 0.1) is 0 Å². The molecule has 7 heteroatoms. The number of aromatic nitrogens is 2. The Hall–Kier alpha value is -1.73. The Balaban J connectivity index is 2.26. The minimum atomic E-state index is -0.340. The zero-order valence-electron chi connectivity index (χ0n) is 11.0. The van der Waals surface area contributed by atoms with Crippen molar-refractivity contribution in [2.75, 3.05) is 25.5 Å². The first-order chi connectivity index (χ1) is 9.13. The molecule has 0 bridgehead atoms. The predicted octanol–water partition coefficient (Wildman–Crippen LogP) is 1.04. The number of primary amides is 1. The third-order valence-electron chi connectivity index (χ3n) is 2.80. The van der Waals surface area contributed by atoms with Gasteiger partial charge in [0.2, 0.25) is 5.91 Å². The van der Waals surface area contributed by atoms with Gasteiger partial charge in [-0.05, 0) is 18.0 Å². The number of nitrogens with one attached hydrogen (secondary N) is 1. The summed E-state index contributed by atoms with van der Waals surface area (Å²) in [5, 5.41) is 6.09. The second kappa shape index (κ2) is 5.94. The molecule has 2 heterocycles. The molecule has 0 aliphatic heterocycles. The van der Waals surface area contributed by atoms with Gasteiger partial charge in [0.1, 0.15) is 16.5 Å². The van der Waals surface area contributed by atoms with Crippen molar-refractivity contribution < 1.29 is 4.79 Å². The summed E-state index contributed by atoms with van der Waals surface area (Å²) in [5.74, 6) is 1.17. The second-order valence-electron chi connectivity index (χ2n) is 4.15. The summed E-state index contributed by atoms with van der Waals surface area (Å²) in [6.07, 6.45) is 0. The second-order valence-corrected chi connectivity index (χ2v) is 5.04. The van der Waals surface area contributed by atoms with Crippen LogP contribution in [0.1, 0.15) is 12.7 Å². The number of nitrogens with zero attached hydrogens (tertiary/aromatic N) is 3. The van der Waals surface area contributed by atoms with E-state index in [1.54, 1.807) is 11.3 Å². The van der Waals surface area contributed by atoms with Gasteiger partial charge >= 0.3 is 0 Å². The van der Waals surface area contributed by atoms with E-state index in [4.69, 9.17) is 5.73 Å². The van der Waals surface area contributed by atoms with Crippen molar-refractivity contribution in [2.45, 2.75) is 13.5 Å². The van der Waals surface area contributed by atoms with Gasteiger partial charge in [-0.15, -0.1) is 11.3 Å². The van der Waals surface area contributed by atoms with Gasteiger partial charge in [-0.25, -0.2) is 9.97 Å². The lowest BCUT2D eigenvalue weighted by atomic mass is 10.3. The summed E-state index contributed by atoms with van der Waals surface area (Å²) in [5.41, 5.74) is 5.22. The van der Waals surface area contributed by atoms with E-state index in [9.17, 15) is 4.79 Å². The Labute approximate surface area is 115 Å². The molecule has 19 heavy (non-hydrogen) atoms. The molecule has 2 aromatic rings. The molecule has 0 aliphatic rings. The van der Waals surface area contributed by atoms with Gasteiger partial charge in [0.25, 0.3) is 0 Å². The van der Waals surface area contributed by atoms with Crippen LogP contribution in [0.15, 0.2) is 11.4 Å². The van der Waals surface area contributed by atoms with Crippen LogP contribution in [0.2, 0.25) is 0 Å². The number of thiophene rings is 1. The molecule has 2 rings (SSSR count). The van der Waals surface area contributed by atoms with Gasteiger partial charge in [-0.2, -0.15) is 0 Å². The molecule has 0 saturated heterocycles. The third-order valence-corrected chi connectivity index (χ3v) is 3.61. The maximum Gasteiger partial charge on any atom is 0.231 e. The highest BCUT2D eigenvalue weighted by atomic mass is 32.1. The highest BCUT2D eigenvalue weighted by Crippen LogP contribution is 2.24. The fourth-order valence-corrected chi connectivity index (χ4v) is 2.64. The van der Waals surface area contributed by atoms with Crippen molar-refractivity contribution in [1.29, 1.82) is 0 Å².